The molecule has 0 heterocycles. The Morgan fingerprint density at radius 1 is 0.667 bits per heavy atom. The first-order valence-corrected chi connectivity index (χ1v) is 12.5. The van der Waals surface area contributed by atoms with Crippen molar-refractivity contribution in [2.75, 3.05) is 0 Å². The van der Waals surface area contributed by atoms with Crippen molar-refractivity contribution in [2.24, 2.45) is 5.92 Å². The van der Waals surface area contributed by atoms with Crippen LogP contribution in [0.5, 0.6) is 0 Å². The summed E-state index contributed by atoms with van der Waals surface area (Å²) in [4.78, 5) is 0. The largest absolute Gasteiger partial charge is 0.0853 e. The second kappa shape index (κ2) is 22.0. The maximum absolute atomic E-state index is 3.95. The van der Waals surface area contributed by atoms with E-state index in [9.17, 15) is 0 Å². The van der Waals surface area contributed by atoms with Crippen molar-refractivity contribution in [1.82, 2.24) is 0 Å². The normalized spacial score (nSPS) is 13.3. The lowest BCUT2D eigenvalue weighted by molar-refractivity contribution is 0.394. The molecule has 0 rings (SSSR count). The Hall–Kier alpha value is -0.260. The molecule has 27 heavy (non-hydrogen) atoms. The summed E-state index contributed by atoms with van der Waals surface area (Å²) in [6.07, 6.45) is 29.8. The average Bonchev–Trinajstić information content (AvgIpc) is 2.69. The number of hydrogen-bond donors (Lipinski definition) is 0. The van der Waals surface area contributed by atoms with Gasteiger partial charge in [-0.3, -0.25) is 0 Å². The molecule has 0 nitrogen and oxygen atoms in total. The predicted molar refractivity (Wildman–Crippen MR) is 126 cm³/mol. The van der Waals surface area contributed by atoms with Crippen LogP contribution in [0.4, 0.5) is 0 Å². The summed E-state index contributed by atoms with van der Waals surface area (Å²) in [5, 5.41) is 0. The second-order valence-electron chi connectivity index (χ2n) is 8.56. The number of unbranched alkanes of at least 4 members (excludes halogenated alkanes) is 12. The molecule has 0 fully saturated rings. The third kappa shape index (κ3) is 18.9. The van der Waals surface area contributed by atoms with Crippen LogP contribution in [0.3, 0.4) is 0 Å². The van der Waals surface area contributed by atoms with Crippen molar-refractivity contribution in [3.8, 4) is 0 Å². The third-order valence-electron chi connectivity index (χ3n) is 6.14. The van der Waals surface area contributed by atoms with Crippen molar-refractivity contribution in [3.05, 3.63) is 25.5 Å². The van der Waals surface area contributed by atoms with E-state index in [1.54, 1.807) is 5.57 Å². The summed E-state index contributed by atoms with van der Waals surface area (Å²) < 4.78 is 0. The molecular weight excluding hydrogens is 324 g/mol. The highest BCUT2D eigenvalue weighted by atomic mass is 14.1. The van der Waals surface area contributed by atoms with Gasteiger partial charge < -0.3 is 0 Å². The minimum Gasteiger partial charge on any atom is -0.0853 e. The Balaban J connectivity index is 3.58. The molecule has 0 saturated carbocycles. The summed E-state index contributed by atoms with van der Waals surface area (Å²) in [5.74, 6) is 0.987. The molecule has 0 saturated heterocycles. The minimum absolute atomic E-state index is 0.987. The molecule has 0 N–H and O–H groups in total. The summed E-state index contributed by atoms with van der Waals surface area (Å²) in [7, 11) is 0. The molecule has 0 aliphatic carbocycles. The highest BCUT2D eigenvalue weighted by Gasteiger charge is 2.06. The van der Waals surface area contributed by atoms with Crippen LogP contribution in [0.15, 0.2) is 11.6 Å². The van der Waals surface area contributed by atoms with E-state index in [2.05, 4.69) is 33.8 Å². The number of rotatable bonds is 21. The van der Waals surface area contributed by atoms with Gasteiger partial charge in [-0.25, -0.2) is 0 Å². The fourth-order valence-corrected chi connectivity index (χ4v) is 4.06. The Morgan fingerprint density at radius 2 is 1.19 bits per heavy atom. The molecule has 0 aromatic heterocycles. The topological polar surface area (TPSA) is 0 Å². The first-order valence-electron chi connectivity index (χ1n) is 12.5. The fraction of sp³-hybridized carbons (Fsp3) is 0.852. The molecule has 0 aliphatic heterocycles. The van der Waals surface area contributed by atoms with E-state index in [4.69, 9.17) is 0 Å². The molecule has 0 bridgehead atoms. The second-order valence-corrected chi connectivity index (χ2v) is 8.56. The zero-order valence-electron chi connectivity index (χ0n) is 19.2. The van der Waals surface area contributed by atoms with Crippen LogP contribution in [0.1, 0.15) is 142 Å². The van der Waals surface area contributed by atoms with E-state index >= 15 is 0 Å². The van der Waals surface area contributed by atoms with Gasteiger partial charge in [0.15, 0.2) is 0 Å². The molecule has 0 heteroatoms. The molecule has 0 amide bonds. The highest BCUT2D eigenvalue weighted by Crippen LogP contribution is 2.22. The van der Waals surface area contributed by atoms with E-state index in [0.717, 1.165) is 18.8 Å². The lowest BCUT2D eigenvalue weighted by Gasteiger charge is -2.14. The van der Waals surface area contributed by atoms with E-state index in [1.807, 2.05) is 0 Å². The molecule has 0 aromatic rings. The van der Waals surface area contributed by atoms with Gasteiger partial charge in [0.05, 0.1) is 0 Å². The Morgan fingerprint density at radius 3 is 1.74 bits per heavy atom. The van der Waals surface area contributed by atoms with Gasteiger partial charge in [0.1, 0.15) is 0 Å². The Kier molecular flexibility index (Phi) is 21.8. The van der Waals surface area contributed by atoms with E-state index < -0.39 is 0 Å². The van der Waals surface area contributed by atoms with Gasteiger partial charge in [-0.2, -0.15) is 0 Å². The first kappa shape index (κ1) is 26.7. The van der Waals surface area contributed by atoms with Gasteiger partial charge in [0.25, 0.3) is 0 Å². The highest BCUT2D eigenvalue weighted by molar-refractivity contribution is 5.00. The molecule has 0 spiro atoms. The summed E-state index contributed by atoms with van der Waals surface area (Å²) in [6, 6.07) is 0. The van der Waals surface area contributed by atoms with Crippen LogP contribution in [0.25, 0.3) is 0 Å². The average molecular weight is 377 g/mol. The smallest absolute Gasteiger partial charge is 0.0320 e. The van der Waals surface area contributed by atoms with Crippen molar-refractivity contribution < 1.29 is 0 Å². The molecule has 1 unspecified atom stereocenters. The number of allylic oxidation sites excluding steroid dienone is 2. The van der Waals surface area contributed by atoms with Crippen LogP contribution in [-0.2, 0) is 0 Å². The number of hydrogen-bond acceptors (Lipinski definition) is 0. The van der Waals surface area contributed by atoms with Gasteiger partial charge in [-0.15, -0.1) is 0 Å². The quantitative estimate of drug-likeness (QED) is 0.138. The van der Waals surface area contributed by atoms with Gasteiger partial charge in [-0.05, 0) is 38.0 Å². The Bertz CT molecular complexity index is 301. The predicted octanol–water partition coefficient (Wildman–Crippen LogP) is 10.0. The lowest BCUT2D eigenvalue weighted by Crippen LogP contribution is -1.99. The molecule has 2 radical (unpaired) electrons. The van der Waals surface area contributed by atoms with Crippen molar-refractivity contribution in [3.63, 3.8) is 0 Å². The molecule has 0 aromatic carbocycles. The van der Waals surface area contributed by atoms with Crippen LogP contribution < -0.4 is 0 Å². The standard InChI is InChI=1S/C27H52/c1-5-9-11-12-13-14-15-19-23-27(8-4)25-21-17-16-20-24-26(7-3)22-18-10-6-2/h24,27H,1-2,5-23,25H2,3-4H3/b26-24+. The van der Waals surface area contributed by atoms with Crippen LogP contribution in [0, 0.1) is 19.8 Å². The lowest BCUT2D eigenvalue weighted by atomic mass is 9.92. The third-order valence-corrected chi connectivity index (χ3v) is 6.14. The maximum atomic E-state index is 3.95. The van der Waals surface area contributed by atoms with Gasteiger partial charge in [-0.1, -0.05) is 136 Å². The maximum Gasteiger partial charge on any atom is -0.0320 e. The molecular formula is C27H52. The summed E-state index contributed by atoms with van der Waals surface area (Å²) in [5.41, 5.74) is 1.68. The summed E-state index contributed by atoms with van der Waals surface area (Å²) >= 11 is 0. The molecule has 0 aliphatic rings. The van der Waals surface area contributed by atoms with Gasteiger partial charge >= 0.3 is 0 Å². The van der Waals surface area contributed by atoms with Crippen LogP contribution in [0.2, 0.25) is 0 Å². The van der Waals surface area contributed by atoms with Gasteiger partial charge in [0, 0.05) is 0 Å². The molecule has 1 atom stereocenters. The van der Waals surface area contributed by atoms with Crippen molar-refractivity contribution in [1.29, 1.82) is 0 Å². The monoisotopic (exact) mass is 376 g/mol. The van der Waals surface area contributed by atoms with E-state index in [0.29, 0.717) is 0 Å². The zero-order chi connectivity index (χ0) is 20.0. The van der Waals surface area contributed by atoms with Crippen LogP contribution in [-0.4, -0.2) is 0 Å². The van der Waals surface area contributed by atoms with Gasteiger partial charge in [0.2, 0.25) is 0 Å². The molecule has 160 valence electrons. The fourth-order valence-electron chi connectivity index (χ4n) is 4.06. The van der Waals surface area contributed by atoms with E-state index in [1.165, 1.54) is 116 Å². The first-order chi connectivity index (χ1) is 13.3. The van der Waals surface area contributed by atoms with Crippen LogP contribution >= 0.6 is 0 Å². The van der Waals surface area contributed by atoms with Crippen molar-refractivity contribution >= 4 is 0 Å². The SMILES string of the molecule is [CH2]CCCCCCCCCC(CC)CCCCC/C=C(\CC)CCCC[CH2]. The van der Waals surface area contributed by atoms with E-state index in [-0.39, 0.29) is 0 Å². The zero-order valence-corrected chi connectivity index (χ0v) is 19.2. The Labute approximate surface area is 174 Å². The minimum atomic E-state index is 0.987. The summed E-state index contributed by atoms with van der Waals surface area (Å²) in [6.45, 7) is 12.6. The van der Waals surface area contributed by atoms with Crippen molar-refractivity contribution in [2.45, 2.75) is 142 Å².